The molecule has 0 aliphatic heterocycles. The highest BCUT2D eigenvalue weighted by atomic mass is 35.5. The first-order chi connectivity index (χ1) is 15.6. The maximum atomic E-state index is 13.8. The summed E-state index contributed by atoms with van der Waals surface area (Å²) in [7, 11) is 1.35. The van der Waals surface area contributed by atoms with Crippen LogP contribution in [0.3, 0.4) is 0 Å². The zero-order valence-electron chi connectivity index (χ0n) is 17.2. The van der Waals surface area contributed by atoms with Gasteiger partial charge in [-0.25, -0.2) is 4.98 Å². The van der Waals surface area contributed by atoms with E-state index in [9.17, 15) is 22.8 Å². The molecule has 0 saturated heterocycles. The Balaban J connectivity index is 1.90. The van der Waals surface area contributed by atoms with Crippen molar-refractivity contribution >= 4 is 28.8 Å². The number of H-pyrrole nitrogens is 1. The molecule has 1 amide bonds. The summed E-state index contributed by atoms with van der Waals surface area (Å²) in [5.74, 6) is -0.700. The van der Waals surface area contributed by atoms with Crippen LogP contribution in [-0.4, -0.2) is 27.6 Å². The number of halogens is 4. The Kier molecular flexibility index (Phi) is 5.62. The van der Waals surface area contributed by atoms with Crippen molar-refractivity contribution in [1.29, 1.82) is 0 Å². The van der Waals surface area contributed by atoms with Crippen LogP contribution in [-0.2, 0) is 6.18 Å². The zero-order valence-corrected chi connectivity index (χ0v) is 18.0. The molecular weight excluding hydrogens is 461 g/mol. The van der Waals surface area contributed by atoms with Crippen LogP contribution in [0.1, 0.15) is 21.7 Å². The van der Waals surface area contributed by atoms with Gasteiger partial charge < -0.3 is 10.1 Å². The fourth-order valence-corrected chi connectivity index (χ4v) is 3.77. The quantitative estimate of drug-likeness (QED) is 0.437. The van der Waals surface area contributed by atoms with Crippen molar-refractivity contribution in [3.05, 3.63) is 80.9 Å². The average molecular weight is 477 g/mol. The minimum absolute atomic E-state index is 0.0385. The van der Waals surface area contributed by atoms with Gasteiger partial charge in [0.15, 0.2) is 11.4 Å². The third kappa shape index (κ3) is 3.93. The van der Waals surface area contributed by atoms with Gasteiger partial charge >= 0.3 is 6.18 Å². The molecule has 0 aliphatic rings. The fraction of sp³-hybridized carbons (Fsp3) is 0.136. The number of alkyl halides is 3. The van der Waals surface area contributed by atoms with Crippen LogP contribution >= 0.6 is 11.6 Å². The minimum atomic E-state index is -4.80. The van der Waals surface area contributed by atoms with E-state index >= 15 is 0 Å². The predicted molar refractivity (Wildman–Crippen MR) is 117 cm³/mol. The van der Waals surface area contributed by atoms with Gasteiger partial charge in [0.2, 0.25) is 0 Å². The number of rotatable bonds is 4. The van der Waals surface area contributed by atoms with E-state index in [-0.39, 0.29) is 38.9 Å². The van der Waals surface area contributed by atoms with Gasteiger partial charge in [0.25, 0.3) is 11.5 Å². The van der Waals surface area contributed by atoms with Gasteiger partial charge in [-0.1, -0.05) is 48.0 Å². The van der Waals surface area contributed by atoms with Crippen molar-refractivity contribution < 1.29 is 22.7 Å². The van der Waals surface area contributed by atoms with E-state index in [4.69, 9.17) is 16.3 Å². The highest BCUT2D eigenvalue weighted by Gasteiger charge is 2.38. The number of anilines is 1. The van der Waals surface area contributed by atoms with E-state index in [1.165, 1.54) is 32.2 Å². The van der Waals surface area contributed by atoms with Gasteiger partial charge in [0, 0.05) is 0 Å². The van der Waals surface area contributed by atoms with Crippen LogP contribution in [0, 0.1) is 6.92 Å². The summed E-state index contributed by atoms with van der Waals surface area (Å²) in [6.45, 7) is 1.38. The number of carbonyl (C=O) groups excluding carboxylic acids is 1. The summed E-state index contributed by atoms with van der Waals surface area (Å²) in [6.07, 6.45) is -4.80. The molecule has 0 spiro atoms. The van der Waals surface area contributed by atoms with Crippen LogP contribution in [0.2, 0.25) is 5.02 Å². The summed E-state index contributed by atoms with van der Waals surface area (Å²) < 4.78 is 47.2. The number of nitrogens with one attached hydrogen (secondary N) is 2. The second-order valence-electron chi connectivity index (χ2n) is 7.04. The Bertz CT molecular complexity index is 1430. The molecule has 33 heavy (non-hydrogen) atoms. The van der Waals surface area contributed by atoms with Crippen molar-refractivity contribution in [3.63, 3.8) is 0 Å². The lowest BCUT2D eigenvalue weighted by Crippen LogP contribution is -2.29. The van der Waals surface area contributed by atoms with Crippen molar-refractivity contribution in [2.75, 3.05) is 12.4 Å². The number of nitrogens with zero attached hydrogens (tertiary/aromatic N) is 2. The summed E-state index contributed by atoms with van der Waals surface area (Å²) in [6, 6.07) is 12.4. The van der Waals surface area contributed by atoms with Crippen LogP contribution < -0.4 is 15.6 Å². The molecule has 2 aromatic carbocycles. The molecule has 11 heteroatoms. The fourth-order valence-electron chi connectivity index (χ4n) is 3.52. The van der Waals surface area contributed by atoms with E-state index in [1.807, 2.05) is 0 Å². The molecule has 0 fully saturated rings. The zero-order chi connectivity index (χ0) is 23.9. The Hall–Kier alpha value is -3.79. The molecule has 7 nitrogen and oxygen atoms in total. The van der Waals surface area contributed by atoms with Gasteiger partial charge in [0.1, 0.15) is 11.3 Å². The first-order valence-electron chi connectivity index (χ1n) is 9.55. The molecule has 0 atom stereocenters. The first kappa shape index (κ1) is 22.4. The number of para-hydroxylation sites is 1. The Morgan fingerprint density at radius 2 is 1.85 bits per heavy atom. The number of amides is 1. The van der Waals surface area contributed by atoms with Crippen LogP contribution in [0.4, 0.5) is 18.9 Å². The third-order valence-electron chi connectivity index (χ3n) is 4.95. The highest BCUT2D eigenvalue weighted by Crippen LogP contribution is 2.38. The smallest absolute Gasteiger partial charge is 0.433 e. The van der Waals surface area contributed by atoms with Gasteiger partial charge in [-0.2, -0.15) is 17.7 Å². The lowest BCUT2D eigenvalue weighted by atomic mass is 10.1. The number of ether oxygens (including phenoxy) is 1. The number of fused-ring (bicyclic) bond motifs is 1. The summed E-state index contributed by atoms with van der Waals surface area (Å²) in [5.41, 5.74) is -2.72. The molecule has 0 unspecified atom stereocenters. The van der Waals surface area contributed by atoms with Crippen molar-refractivity contribution in [2.24, 2.45) is 0 Å². The summed E-state index contributed by atoms with van der Waals surface area (Å²) >= 11 is 6.05. The predicted octanol–water partition coefficient (Wildman–Crippen LogP) is 4.93. The van der Waals surface area contributed by atoms with Crippen molar-refractivity contribution in [2.45, 2.75) is 13.1 Å². The number of benzene rings is 2. The van der Waals surface area contributed by atoms with Crippen LogP contribution in [0.15, 0.2) is 53.3 Å². The van der Waals surface area contributed by atoms with Crippen LogP contribution in [0.5, 0.6) is 5.75 Å². The van der Waals surface area contributed by atoms with Crippen molar-refractivity contribution in [3.8, 4) is 16.9 Å². The summed E-state index contributed by atoms with van der Waals surface area (Å²) in [4.78, 5) is 30.3. The number of aromatic nitrogens is 3. The Labute approximate surface area is 189 Å². The monoisotopic (exact) mass is 476 g/mol. The number of aryl methyl sites for hydroxylation is 1. The van der Waals surface area contributed by atoms with Crippen molar-refractivity contribution in [1.82, 2.24) is 14.6 Å². The maximum Gasteiger partial charge on any atom is 0.433 e. The average Bonchev–Trinajstić information content (AvgIpc) is 3.15. The van der Waals surface area contributed by atoms with Crippen LogP contribution in [0.25, 0.3) is 16.8 Å². The lowest BCUT2D eigenvalue weighted by Gasteiger charge is -2.12. The Morgan fingerprint density at radius 3 is 2.48 bits per heavy atom. The number of methoxy groups -OCH3 is 1. The molecule has 2 aromatic heterocycles. The SMILES string of the molecule is COc1c(Cl)cccc1NC(=O)c1c(C)nc2c(-c3ccccc3)c(C(F)(F)F)[nH]n2c1=O. The second kappa shape index (κ2) is 8.28. The van der Waals surface area contributed by atoms with Gasteiger partial charge in [0.05, 0.1) is 29.1 Å². The van der Waals surface area contributed by atoms with Gasteiger partial charge in [-0.3, -0.25) is 14.7 Å². The van der Waals surface area contributed by atoms with Gasteiger partial charge in [-0.15, -0.1) is 0 Å². The first-order valence-corrected chi connectivity index (χ1v) is 9.93. The van der Waals surface area contributed by atoms with E-state index in [0.29, 0.717) is 4.52 Å². The lowest BCUT2D eigenvalue weighted by molar-refractivity contribution is -0.140. The highest BCUT2D eigenvalue weighted by molar-refractivity contribution is 6.32. The molecule has 0 saturated carbocycles. The third-order valence-corrected chi connectivity index (χ3v) is 5.25. The molecule has 2 heterocycles. The maximum absolute atomic E-state index is 13.8. The molecular formula is C22H16ClF3N4O3. The van der Waals surface area contributed by atoms with E-state index < -0.39 is 28.9 Å². The number of aromatic amines is 1. The molecule has 4 aromatic rings. The summed E-state index contributed by atoms with van der Waals surface area (Å²) in [5, 5.41) is 4.82. The minimum Gasteiger partial charge on any atom is -0.493 e. The number of hydrogen-bond acceptors (Lipinski definition) is 4. The molecule has 0 bridgehead atoms. The van der Waals surface area contributed by atoms with E-state index in [2.05, 4.69) is 15.4 Å². The largest absolute Gasteiger partial charge is 0.493 e. The molecule has 0 radical (unpaired) electrons. The normalized spacial score (nSPS) is 11.6. The Morgan fingerprint density at radius 1 is 1.15 bits per heavy atom. The number of carbonyl (C=O) groups is 1. The topological polar surface area (TPSA) is 88.5 Å². The van der Waals surface area contributed by atoms with E-state index in [1.54, 1.807) is 30.3 Å². The molecule has 2 N–H and O–H groups in total. The molecule has 170 valence electrons. The standard InChI is InChI=1S/C22H16ClF3N4O3/c1-11-15(20(31)28-14-10-6-9-13(23)17(14)33-2)21(32)30-19(27-11)16(12-7-4-3-5-8-12)18(29-30)22(24,25)26/h3-10,29H,1-2H3,(H,28,31). The number of hydrogen-bond donors (Lipinski definition) is 2. The van der Waals surface area contributed by atoms with Gasteiger partial charge in [-0.05, 0) is 24.6 Å². The second-order valence-corrected chi connectivity index (χ2v) is 7.44. The molecule has 4 rings (SSSR count). The van der Waals surface area contributed by atoms with E-state index in [0.717, 1.165) is 0 Å². The molecule has 0 aliphatic carbocycles.